The Balaban J connectivity index is 0.00000338. The highest BCUT2D eigenvalue weighted by molar-refractivity contribution is 14.0. The Kier molecular flexibility index (Phi) is 9.87. The lowest BCUT2D eigenvalue weighted by Crippen LogP contribution is -2.30. The molecular weight excluding hydrogens is 441 g/mol. The maximum absolute atomic E-state index is 5.63. The molecule has 0 aliphatic heterocycles. The zero-order valence-electron chi connectivity index (χ0n) is 15.8. The smallest absolute Gasteiger partial charge is 0.196 e. The number of anilines is 1. The van der Waals surface area contributed by atoms with E-state index < -0.39 is 0 Å². The minimum absolute atomic E-state index is 0. The number of aliphatic imine (C=N–C) groups is 1. The summed E-state index contributed by atoms with van der Waals surface area (Å²) in [5, 5.41) is 6.59. The van der Waals surface area contributed by atoms with Crippen LogP contribution >= 0.6 is 24.0 Å². The Morgan fingerprint density at radius 1 is 1.08 bits per heavy atom. The van der Waals surface area contributed by atoms with Gasteiger partial charge in [-0.1, -0.05) is 24.3 Å². The molecule has 5 nitrogen and oxygen atoms in total. The van der Waals surface area contributed by atoms with Crippen LogP contribution in [0.3, 0.4) is 0 Å². The zero-order valence-corrected chi connectivity index (χ0v) is 18.2. The molecule has 0 aromatic heterocycles. The molecule has 2 N–H and O–H groups in total. The molecule has 0 spiro atoms. The van der Waals surface area contributed by atoms with E-state index in [2.05, 4.69) is 34.7 Å². The molecule has 0 bridgehead atoms. The van der Waals surface area contributed by atoms with Crippen molar-refractivity contribution in [1.29, 1.82) is 0 Å². The average molecular weight is 469 g/mol. The van der Waals surface area contributed by atoms with Crippen molar-refractivity contribution in [3.8, 4) is 11.5 Å². The van der Waals surface area contributed by atoms with Crippen LogP contribution < -0.4 is 20.1 Å². The first-order valence-corrected chi connectivity index (χ1v) is 8.58. The van der Waals surface area contributed by atoms with Gasteiger partial charge < -0.3 is 20.1 Å². The van der Waals surface area contributed by atoms with Crippen molar-refractivity contribution in [2.45, 2.75) is 27.3 Å². The van der Waals surface area contributed by atoms with Crippen LogP contribution in [0.1, 0.15) is 25.0 Å². The van der Waals surface area contributed by atoms with Crippen molar-refractivity contribution >= 4 is 35.6 Å². The topological polar surface area (TPSA) is 54.9 Å². The summed E-state index contributed by atoms with van der Waals surface area (Å²) in [7, 11) is 1.64. The van der Waals surface area contributed by atoms with Gasteiger partial charge in [0, 0.05) is 18.3 Å². The number of guanidine groups is 1. The molecule has 0 saturated heterocycles. The molecule has 0 fully saturated rings. The second-order valence-electron chi connectivity index (χ2n) is 5.55. The lowest BCUT2D eigenvalue weighted by atomic mass is 10.1. The quantitative estimate of drug-likeness (QED) is 0.354. The van der Waals surface area contributed by atoms with Crippen molar-refractivity contribution in [3.05, 3.63) is 53.6 Å². The highest BCUT2D eigenvalue weighted by Crippen LogP contribution is 2.30. The molecule has 0 aliphatic rings. The molecule has 0 saturated carbocycles. The number of hydrogen-bond acceptors (Lipinski definition) is 3. The number of benzene rings is 2. The van der Waals surface area contributed by atoms with Gasteiger partial charge in [-0.15, -0.1) is 24.0 Å². The maximum atomic E-state index is 5.63. The summed E-state index contributed by atoms with van der Waals surface area (Å²) in [6.07, 6.45) is 0. The Morgan fingerprint density at radius 2 is 1.85 bits per heavy atom. The molecule has 0 aliphatic carbocycles. The van der Waals surface area contributed by atoms with E-state index in [0.717, 1.165) is 18.2 Å². The summed E-state index contributed by atoms with van der Waals surface area (Å²) in [5.41, 5.74) is 3.35. The standard InChI is InChI=1S/C20H27N3O2.HI/c1-5-21-20(22-14-16-10-8-7-9-15(16)3)23-17-11-12-18(24-4)19(13-17)25-6-2;/h7-13H,5-6,14H2,1-4H3,(H2,21,22,23);1H. The zero-order chi connectivity index (χ0) is 18.1. The van der Waals surface area contributed by atoms with Crippen LogP contribution in [0.4, 0.5) is 5.69 Å². The van der Waals surface area contributed by atoms with Gasteiger partial charge in [0.25, 0.3) is 0 Å². The first-order chi connectivity index (χ1) is 12.2. The second-order valence-corrected chi connectivity index (χ2v) is 5.55. The Labute approximate surface area is 173 Å². The minimum Gasteiger partial charge on any atom is -0.493 e. The third kappa shape index (κ3) is 6.40. The predicted molar refractivity (Wildman–Crippen MR) is 119 cm³/mol. The first-order valence-electron chi connectivity index (χ1n) is 8.58. The van der Waals surface area contributed by atoms with E-state index in [1.807, 2.05) is 44.2 Å². The van der Waals surface area contributed by atoms with E-state index in [1.165, 1.54) is 11.1 Å². The summed E-state index contributed by atoms with van der Waals surface area (Å²) in [4.78, 5) is 4.68. The van der Waals surface area contributed by atoms with Gasteiger partial charge in [0.2, 0.25) is 0 Å². The first kappa shape index (κ1) is 22.1. The predicted octanol–water partition coefficient (Wildman–Crippen LogP) is 4.60. The van der Waals surface area contributed by atoms with Crippen LogP contribution in [0.5, 0.6) is 11.5 Å². The van der Waals surface area contributed by atoms with Crippen LogP contribution in [0.2, 0.25) is 0 Å². The van der Waals surface area contributed by atoms with Crippen molar-refractivity contribution in [2.24, 2.45) is 4.99 Å². The van der Waals surface area contributed by atoms with E-state index in [0.29, 0.717) is 24.7 Å². The van der Waals surface area contributed by atoms with Gasteiger partial charge in [-0.25, -0.2) is 4.99 Å². The number of ether oxygens (including phenoxy) is 2. The molecule has 0 amide bonds. The molecule has 0 radical (unpaired) electrons. The van der Waals surface area contributed by atoms with Crippen LogP contribution in [0, 0.1) is 6.92 Å². The molecule has 2 aromatic carbocycles. The lowest BCUT2D eigenvalue weighted by Gasteiger charge is -2.14. The normalized spacial score (nSPS) is 10.7. The van der Waals surface area contributed by atoms with E-state index in [1.54, 1.807) is 7.11 Å². The molecular formula is C20H28IN3O2. The van der Waals surface area contributed by atoms with Gasteiger partial charge in [-0.05, 0) is 44.0 Å². The summed E-state index contributed by atoms with van der Waals surface area (Å²) in [5.74, 6) is 2.16. The SMILES string of the molecule is CCNC(=NCc1ccccc1C)Nc1ccc(OC)c(OCC)c1.I. The van der Waals surface area contributed by atoms with Crippen LogP contribution in [0.25, 0.3) is 0 Å². The van der Waals surface area contributed by atoms with Gasteiger partial charge in [0.15, 0.2) is 17.5 Å². The van der Waals surface area contributed by atoms with Crippen LogP contribution in [-0.4, -0.2) is 26.2 Å². The molecule has 0 heterocycles. The number of halogens is 1. The van der Waals surface area contributed by atoms with Crippen LogP contribution in [0.15, 0.2) is 47.5 Å². The molecule has 2 aromatic rings. The Bertz CT molecular complexity index is 720. The third-order valence-electron chi connectivity index (χ3n) is 3.74. The lowest BCUT2D eigenvalue weighted by molar-refractivity contribution is 0.311. The highest BCUT2D eigenvalue weighted by atomic mass is 127. The monoisotopic (exact) mass is 469 g/mol. The third-order valence-corrected chi connectivity index (χ3v) is 3.74. The van der Waals surface area contributed by atoms with E-state index in [9.17, 15) is 0 Å². The maximum Gasteiger partial charge on any atom is 0.196 e. The van der Waals surface area contributed by atoms with E-state index in [4.69, 9.17) is 9.47 Å². The molecule has 0 atom stereocenters. The van der Waals surface area contributed by atoms with Gasteiger partial charge in [-0.3, -0.25) is 0 Å². The Morgan fingerprint density at radius 3 is 2.50 bits per heavy atom. The number of rotatable bonds is 7. The minimum atomic E-state index is 0. The molecule has 0 unspecified atom stereocenters. The van der Waals surface area contributed by atoms with Gasteiger partial charge in [0.05, 0.1) is 20.3 Å². The second kappa shape index (κ2) is 11.6. The average Bonchev–Trinajstić information content (AvgIpc) is 2.61. The van der Waals surface area contributed by atoms with E-state index in [-0.39, 0.29) is 24.0 Å². The van der Waals surface area contributed by atoms with Crippen molar-refractivity contribution in [3.63, 3.8) is 0 Å². The molecule has 142 valence electrons. The number of hydrogen-bond donors (Lipinski definition) is 2. The molecule has 26 heavy (non-hydrogen) atoms. The fourth-order valence-corrected chi connectivity index (χ4v) is 2.42. The molecule has 2 rings (SSSR count). The van der Waals surface area contributed by atoms with Crippen molar-refractivity contribution in [1.82, 2.24) is 5.32 Å². The van der Waals surface area contributed by atoms with E-state index >= 15 is 0 Å². The van der Waals surface area contributed by atoms with Gasteiger partial charge in [-0.2, -0.15) is 0 Å². The summed E-state index contributed by atoms with van der Waals surface area (Å²) >= 11 is 0. The summed E-state index contributed by atoms with van der Waals surface area (Å²) in [6.45, 7) is 8.09. The van der Waals surface area contributed by atoms with Crippen LogP contribution in [-0.2, 0) is 6.54 Å². The molecule has 6 heteroatoms. The summed E-state index contributed by atoms with van der Waals surface area (Å²) in [6, 6.07) is 14.0. The van der Waals surface area contributed by atoms with Crippen molar-refractivity contribution in [2.75, 3.05) is 25.6 Å². The van der Waals surface area contributed by atoms with Gasteiger partial charge in [0.1, 0.15) is 0 Å². The number of methoxy groups -OCH3 is 1. The Hall–Kier alpha value is -1.96. The van der Waals surface area contributed by atoms with Crippen molar-refractivity contribution < 1.29 is 9.47 Å². The summed E-state index contributed by atoms with van der Waals surface area (Å²) < 4.78 is 11.0. The largest absolute Gasteiger partial charge is 0.493 e. The van der Waals surface area contributed by atoms with Gasteiger partial charge >= 0.3 is 0 Å². The number of nitrogens with one attached hydrogen (secondary N) is 2. The number of aryl methyl sites for hydroxylation is 1. The fraction of sp³-hybridized carbons (Fsp3) is 0.350. The highest BCUT2D eigenvalue weighted by Gasteiger charge is 2.07. The fourth-order valence-electron chi connectivity index (χ4n) is 2.42. The number of nitrogens with zero attached hydrogens (tertiary/aromatic N) is 1.